The van der Waals surface area contributed by atoms with Crippen LogP contribution in [0.25, 0.3) is 0 Å². The Morgan fingerprint density at radius 2 is 1.70 bits per heavy atom. The van der Waals surface area contributed by atoms with Gasteiger partial charge >= 0.3 is 0 Å². The van der Waals surface area contributed by atoms with Crippen LogP contribution in [0.3, 0.4) is 0 Å². The van der Waals surface area contributed by atoms with Crippen molar-refractivity contribution >= 4 is 41.3 Å². The molecule has 11 heteroatoms. The Labute approximate surface area is 196 Å². The molecule has 1 aromatic heterocycles. The number of ether oxygens (including phenoxy) is 3. The second-order valence-corrected chi connectivity index (χ2v) is 7.43. The summed E-state index contributed by atoms with van der Waals surface area (Å²) in [7, 11) is 3.18. The number of hydrogen-bond acceptors (Lipinski definition) is 10. The number of rotatable bonds is 8. The van der Waals surface area contributed by atoms with Crippen LogP contribution in [-0.4, -0.2) is 61.7 Å². The van der Waals surface area contributed by atoms with E-state index in [-0.39, 0.29) is 0 Å². The molecule has 0 amide bonds. The Morgan fingerprint density at radius 1 is 0.970 bits per heavy atom. The minimum Gasteiger partial charge on any atom is -0.493 e. The highest BCUT2D eigenvalue weighted by molar-refractivity contribution is 6.30. The van der Waals surface area contributed by atoms with Crippen molar-refractivity contribution in [1.29, 1.82) is 0 Å². The second-order valence-electron chi connectivity index (χ2n) is 7.00. The van der Waals surface area contributed by atoms with Crippen molar-refractivity contribution in [3.63, 3.8) is 0 Å². The Bertz CT molecular complexity index is 1110. The van der Waals surface area contributed by atoms with Gasteiger partial charge in [0.1, 0.15) is 0 Å². The summed E-state index contributed by atoms with van der Waals surface area (Å²) >= 11 is 5.98. The topological polar surface area (TPSA) is 106 Å². The van der Waals surface area contributed by atoms with Crippen LogP contribution in [0.15, 0.2) is 47.6 Å². The van der Waals surface area contributed by atoms with Crippen LogP contribution in [0, 0.1) is 0 Å². The van der Waals surface area contributed by atoms with Crippen LogP contribution in [0.2, 0.25) is 5.02 Å². The maximum Gasteiger partial charge on any atom is 0.250 e. The van der Waals surface area contributed by atoms with Crippen LogP contribution >= 0.6 is 11.6 Å². The van der Waals surface area contributed by atoms with Crippen molar-refractivity contribution < 1.29 is 14.2 Å². The van der Waals surface area contributed by atoms with Crippen molar-refractivity contribution in [2.24, 2.45) is 5.10 Å². The lowest BCUT2D eigenvalue weighted by molar-refractivity contribution is 0.122. The minimum atomic E-state index is 0.305. The first-order valence-corrected chi connectivity index (χ1v) is 10.6. The highest BCUT2D eigenvalue weighted by Crippen LogP contribution is 2.27. The van der Waals surface area contributed by atoms with Gasteiger partial charge in [-0.05, 0) is 48.0 Å². The van der Waals surface area contributed by atoms with Gasteiger partial charge in [-0.3, -0.25) is 0 Å². The molecule has 2 heterocycles. The van der Waals surface area contributed by atoms with Crippen molar-refractivity contribution in [3.8, 4) is 11.5 Å². The van der Waals surface area contributed by atoms with Gasteiger partial charge in [-0.15, -0.1) is 0 Å². The summed E-state index contributed by atoms with van der Waals surface area (Å²) in [6.45, 7) is 2.62. The van der Waals surface area contributed by atoms with E-state index in [0.717, 1.165) is 11.3 Å². The Hall–Kier alpha value is -3.63. The lowest BCUT2D eigenvalue weighted by Gasteiger charge is -2.27. The number of nitrogens with one attached hydrogen (secondary N) is 2. The van der Waals surface area contributed by atoms with E-state index < -0.39 is 0 Å². The number of aromatic nitrogens is 3. The predicted molar refractivity (Wildman–Crippen MR) is 128 cm³/mol. The van der Waals surface area contributed by atoms with E-state index in [0.29, 0.717) is 60.7 Å². The van der Waals surface area contributed by atoms with Crippen LogP contribution in [0.5, 0.6) is 11.5 Å². The molecule has 1 aliphatic heterocycles. The SMILES string of the molecule is COc1ccc(C=NNc2nc(Nc3ccc(Cl)cc3)nc(N3CCOCC3)n2)cc1OC. The zero-order valence-corrected chi connectivity index (χ0v) is 19.0. The van der Waals surface area contributed by atoms with Gasteiger partial charge in [0.05, 0.1) is 33.6 Å². The summed E-state index contributed by atoms with van der Waals surface area (Å²) in [6.07, 6.45) is 1.65. The molecule has 0 unspecified atom stereocenters. The van der Waals surface area contributed by atoms with E-state index in [1.165, 1.54) is 0 Å². The molecule has 1 fully saturated rings. The maximum absolute atomic E-state index is 5.98. The van der Waals surface area contributed by atoms with Crippen LogP contribution in [0.4, 0.5) is 23.5 Å². The minimum absolute atomic E-state index is 0.305. The molecule has 0 bridgehead atoms. The summed E-state index contributed by atoms with van der Waals surface area (Å²) in [6, 6.07) is 12.8. The third kappa shape index (κ3) is 5.99. The number of methoxy groups -OCH3 is 2. The number of nitrogens with zero attached hydrogens (tertiary/aromatic N) is 5. The van der Waals surface area contributed by atoms with E-state index in [2.05, 4.69) is 30.8 Å². The van der Waals surface area contributed by atoms with Gasteiger partial charge in [-0.2, -0.15) is 20.1 Å². The van der Waals surface area contributed by atoms with Gasteiger partial charge in [0, 0.05) is 23.8 Å². The Kier molecular flexibility index (Phi) is 7.38. The number of hydrazone groups is 1. The zero-order chi connectivity index (χ0) is 23.0. The summed E-state index contributed by atoms with van der Waals surface area (Å²) in [5.41, 5.74) is 4.52. The molecular weight excluding hydrogens is 446 g/mol. The lowest BCUT2D eigenvalue weighted by atomic mass is 10.2. The van der Waals surface area contributed by atoms with Crippen molar-refractivity contribution in [2.45, 2.75) is 0 Å². The van der Waals surface area contributed by atoms with E-state index in [1.807, 2.05) is 35.2 Å². The first-order chi connectivity index (χ1) is 16.1. The molecule has 2 aromatic carbocycles. The molecule has 3 aromatic rings. The molecule has 0 atom stereocenters. The van der Waals surface area contributed by atoms with Crippen LogP contribution in [-0.2, 0) is 4.74 Å². The molecule has 1 saturated heterocycles. The molecule has 0 radical (unpaired) electrons. The zero-order valence-electron chi connectivity index (χ0n) is 18.3. The van der Waals surface area contributed by atoms with Gasteiger partial charge in [-0.1, -0.05) is 11.6 Å². The summed E-state index contributed by atoms with van der Waals surface area (Å²) in [5, 5.41) is 8.11. The molecule has 0 aliphatic carbocycles. The molecular formula is C22H24ClN7O3. The number of halogens is 1. The first kappa shape index (κ1) is 22.6. The van der Waals surface area contributed by atoms with Gasteiger partial charge in [0.2, 0.25) is 17.8 Å². The smallest absolute Gasteiger partial charge is 0.250 e. The van der Waals surface area contributed by atoms with Gasteiger partial charge < -0.3 is 24.4 Å². The van der Waals surface area contributed by atoms with E-state index in [1.54, 1.807) is 32.6 Å². The molecule has 1 aliphatic rings. The van der Waals surface area contributed by atoms with Crippen molar-refractivity contribution in [2.75, 3.05) is 56.2 Å². The van der Waals surface area contributed by atoms with Gasteiger partial charge in [0.15, 0.2) is 11.5 Å². The number of benzene rings is 2. The quantitative estimate of drug-likeness (QED) is 0.378. The third-order valence-corrected chi connectivity index (χ3v) is 5.06. The normalized spacial score (nSPS) is 13.7. The maximum atomic E-state index is 5.98. The fourth-order valence-electron chi connectivity index (χ4n) is 3.14. The Balaban J connectivity index is 1.55. The van der Waals surface area contributed by atoms with Crippen molar-refractivity contribution in [1.82, 2.24) is 15.0 Å². The van der Waals surface area contributed by atoms with E-state index >= 15 is 0 Å². The molecule has 0 spiro atoms. The molecule has 4 rings (SSSR count). The Morgan fingerprint density at radius 3 is 2.42 bits per heavy atom. The third-order valence-electron chi connectivity index (χ3n) is 4.80. The van der Waals surface area contributed by atoms with Gasteiger partial charge in [0.25, 0.3) is 0 Å². The molecule has 33 heavy (non-hydrogen) atoms. The summed E-state index contributed by atoms with van der Waals surface area (Å²) < 4.78 is 16.0. The molecule has 0 saturated carbocycles. The average Bonchev–Trinajstić information content (AvgIpc) is 2.86. The first-order valence-electron chi connectivity index (χ1n) is 10.3. The lowest BCUT2D eigenvalue weighted by Crippen LogP contribution is -2.37. The standard InChI is InChI=1S/C22H24ClN7O3/c1-31-18-8-3-15(13-19(18)32-2)14-24-29-21-26-20(25-17-6-4-16(23)5-7-17)27-22(28-21)30-9-11-33-12-10-30/h3-8,13-14H,9-12H2,1-2H3,(H2,25,26,27,28,29). The van der Waals surface area contributed by atoms with Gasteiger partial charge in [-0.25, -0.2) is 5.43 Å². The number of anilines is 4. The molecule has 10 nitrogen and oxygen atoms in total. The summed E-state index contributed by atoms with van der Waals surface area (Å²) in [5.74, 6) is 2.49. The highest BCUT2D eigenvalue weighted by atomic mass is 35.5. The van der Waals surface area contributed by atoms with Crippen LogP contribution < -0.4 is 25.1 Å². The summed E-state index contributed by atoms with van der Waals surface area (Å²) in [4.78, 5) is 15.6. The van der Waals surface area contributed by atoms with Crippen LogP contribution in [0.1, 0.15) is 5.56 Å². The van der Waals surface area contributed by atoms with Crippen molar-refractivity contribution in [3.05, 3.63) is 53.1 Å². The fraction of sp³-hybridized carbons (Fsp3) is 0.273. The average molecular weight is 470 g/mol. The predicted octanol–water partition coefficient (Wildman–Crippen LogP) is 3.57. The number of morpholine rings is 1. The largest absolute Gasteiger partial charge is 0.493 e. The fourth-order valence-corrected chi connectivity index (χ4v) is 3.26. The monoisotopic (exact) mass is 469 g/mol. The molecule has 2 N–H and O–H groups in total. The van der Waals surface area contributed by atoms with E-state index in [4.69, 9.17) is 25.8 Å². The second kappa shape index (κ2) is 10.8. The highest BCUT2D eigenvalue weighted by Gasteiger charge is 2.16. The number of hydrogen-bond donors (Lipinski definition) is 2. The molecule has 172 valence electrons. The van der Waals surface area contributed by atoms with E-state index in [9.17, 15) is 0 Å².